The SMILES string of the molecule is C[C@]12CC[C@@H]3c4ccc(C(=O)O)cc4CC[C@H]3[C@@H]1CC[C@@H]2OCc1ccccc1. The summed E-state index contributed by atoms with van der Waals surface area (Å²) in [5.41, 5.74) is 4.65. The lowest BCUT2D eigenvalue weighted by atomic mass is 9.55. The normalized spacial score (nSPS) is 32.9. The monoisotopic (exact) mass is 390 g/mol. The average Bonchev–Trinajstić information content (AvgIpc) is 3.08. The molecule has 152 valence electrons. The largest absolute Gasteiger partial charge is 0.478 e. The van der Waals surface area contributed by atoms with Crippen molar-refractivity contribution in [3.63, 3.8) is 0 Å². The van der Waals surface area contributed by atoms with Gasteiger partial charge in [0.05, 0.1) is 18.3 Å². The van der Waals surface area contributed by atoms with Gasteiger partial charge in [-0.15, -0.1) is 0 Å². The summed E-state index contributed by atoms with van der Waals surface area (Å²) in [6.45, 7) is 3.18. The van der Waals surface area contributed by atoms with Gasteiger partial charge < -0.3 is 9.84 Å². The van der Waals surface area contributed by atoms with Gasteiger partial charge in [0, 0.05) is 0 Å². The van der Waals surface area contributed by atoms with Crippen LogP contribution in [-0.2, 0) is 17.8 Å². The van der Waals surface area contributed by atoms with E-state index in [1.165, 1.54) is 48.8 Å². The molecule has 3 nitrogen and oxygen atoms in total. The number of aryl methyl sites for hydroxylation is 1. The van der Waals surface area contributed by atoms with Crippen molar-refractivity contribution >= 4 is 5.97 Å². The van der Waals surface area contributed by atoms with Crippen LogP contribution in [0, 0.1) is 17.3 Å². The molecule has 29 heavy (non-hydrogen) atoms. The number of carboxylic acids is 1. The molecule has 5 atom stereocenters. The van der Waals surface area contributed by atoms with E-state index in [2.05, 4.69) is 43.3 Å². The molecule has 2 saturated carbocycles. The van der Waals surface area contributed by atoms with Crippen molar-refractivity contribution < 1.29 is 14.6 Å². The molecule has 3 aliphatic rings. The molecule has 0 radical (unpaired) electrons. The number of aromatic carboxylic acids is 1. The number of ether oxygens (including phenoxy) is 1. The van der Waals surface area contributed by atoms with Crippen LogP contribution in [0.2, 0.25) is 0 Å². The van der Waals surface area contributed by atoms with Crippen LogP contribution in [0.25, 0.3) is 0 Å². The molecule has 0 unspecified atom stereocenters. The summed E-state index contributed by atoms with van der Waals surface area (Å²) in [6, 6.07) is 16.3. The van der Waals surface area contributed by atoms with E-state index in [0.29, 0.717) is 36.0 Å². The first kappa shape index (κ1) is 18.9. The smallest absolute Gasteiger partial charge is 0.335 e. The summed E-state index contributed by atoms with van der Waals surface area (Å²) in [7, 11) is 0. The molecule has 0 aromatic heterocycles. The summed E-state index contributed by atoms with van der Waals surface area (Å²) in [5.74, 6) is 1.20. The molecular formula is C26H30O3. The van der Waals surface area contributed by atoms with Gasteiger partial charge in [-0.05, 0) is 90.5 Å². The van der Waals surface area contributed by atoms with E-state index in [9.17, 15) is 9.90 Å². The van der Waals surface area contributed by atoms with E-state index in [0.717, 1.165) is 6.42 Å². The van der Waals surface area contributed by atoms with Gasteiger partial charge >= 0.3 is 5.97 Å². The van der Waals surface area contributed by atoms with Crippen molar-refractivity contribution in [2.24, 2.45) is 17.3 Å². The van der Waals surface area contributed by atoms with Crippen molar-refractivity contribution in [3.8, 4) is 0 Å². The lowest BCUT2D eigenvalue weighted by Gasteiger charge is -2.50. The highest BCUT2D eigenvalue weighted by molar-refractivity contribution is 5.88. The maximum absolute atomic E-state index is 11.3. The Labute approximate surface area is 173 Å². The number of hydrogen-bond acceptors (Lipinski definition) is 2. The van der Waals surface area contributed by atoms with E-state index in [4.69, 9.17) is 4.74 Å². The second-order valence-electron chi connectivity index (χ2n) is 9.54. The summed E-state index contributed by atoms with van der Waals surface area (Å²) in [4.78, 5) is 11.3. The number of fused-ring (bicyclic) bond motifs is 5. The average molecular weight is 391 g/mol. The highest BCUT2D eigenvalue weighted by Crippen LogP contribution is 2.61. The molecule has 0 saturated heterocycles. The molecule has 3 heteroatoms. The first-order valence-corrected chi connectivity index (χ1v) is 11.1. The second-order valence-corrected chi connectivity index (χ2v) is 9.54. The quantitative estimate of drug-likeness (QED) is 0.715. The maximum atomic E-state index is 11.3. The lowest BCUT2D eigenvalue weighted by molar-refractivity contribution is -0.0707. The molecule has 0 amide bonds. The van der Waals surface area contributed by atoms with Crippen LogP contribution < -0.4 is 0 Å². The zero-order valence-electron chi connectivity index (χ0n) is 17.1. The van der Waals surface area contributed by atoms with E-state index in [-0.39, 0.29) is 5.41 Å². The van der Waals surface area contributed by atoms with Gasteiger partial charge in [0.25, 0.3) is 0 Å². The third kappa shape index (κ3) is 3.20. The third-order valence-corrected chi connectivity index (χ3v) is 8.18. The molecule has 2 aromatic carbocycles. The fourth-order valence-corrected chi connectivity index (χ4v) is 6.71. The number of carbonyl (C=O) groups is 1. The van der Waals surface area contributed by atoms with Crippen LogP contribution in [0.1, 0.15) is 72.0 Å². The predicted molar refractivity (Wildman–Crippen MR) is 113 cm³/mol. The van der Waals surface area contributed by atoms with Crippen LogP contribution in [0.15, 0.2) is 48.5 Å². The molecule has 5 rings (SSSR count). The van der Waals surface area contributed by atoms with Crippen LogP contribution in [0.4, 0.5) is 0 Å². The fraction of sp³-hybridized carbons (Fsp3) is 0.500. The lowest BCUT2D eigenvalue weighted by Crippen LogP contribution is -2.44. The molecule has 3 aliphatic carbocycles. The third-order valence-electron chi connectivity index (χ3n) is 8.18. The minimum Gasteiger partial charge on any atom is -0.478 e. The van der Waals surface area contributed by atoms with Crippen LogP contribution in [-0.4, -0.2) is 17.2 Å². The van der Waals surface area contributed by atoms with Crippen molar-refractivity contribution in [1.29, 1.82) is 0 Å². The molecule has 2 fully saturated rings. The zero-order chi connectivity index (χ0) is 20.0. The van der Waals surface area contributed by atoms with Gasteiger partial charge in [-0.3, -0.25) is 0 Å². The van der Waals surface area contributed by atoms with Crippen molar-refractivity contribution in [2.45, 2.75) is 64.1 Å². The Morgan fingerprint density at radius 2 is 1.93 bits per heavy atom. The van der Waals surface area contributed by atoms with E-state index in [1.54, 1.807) is 6.07 Å². The van der Waals surface area contributed by atoms with Crippen LogP contribution >= 0.6 is 0 Å². The molecule has 1 N–H and O–H groups in total. The van der Waals surface area contributed by atoms with E-state index >= 15 is 0 Å². The summed E-state index contributed by atoms with van der Waals surface area (Å²) < 4.78 is 6.49. The first-order chi connectivity index (χ1) is 14.1. The van der Waals surface area contributed by atoms with Crippen LogP contribution in [0.3, 0.4) is 0 Å². The standard InChI is InChI=1S/C26H30O3/c1-26-14-13-21-20-9-8-19(25(27)28)15-18(20)7-10-22(21)23(26)11-12-24(26)29-16-17-5-3-2-4-6-17/h2-6,8-9,15,21-24H,7,10-14,16H2,1H3,(H,27,28)/t21-,22-,23+,24+,26+/m1/s1. The summed E-state index contributed by atoms with van der Waals surface area (Å²) in [6.07, 6.45) is 7.39. The molecule has 0 spiro atoms. The zero-order valence-corrected chi connectivity index (χ0v) is 17.1. The van der Waals surface area contributed by atoms with E-state index < -0.39 is 5.97 Å². The summed E-state index contributed by atoms with van der Waals surface area (Å²) >= 11 is 0. The Hall–Kier alpha value is -2.13. The van der Waals surface area contributed by atoms with Crippen molar-refractivity contribution in [3.05, 3.63) is 70.8 Å². The number of carboxylic acid groups (broad SMARTS) is 1. The highest BCUT2D eigenvalue weighted by atomic mass is 16.5. The first-order valence-electron chi connectivity index (χ1n) is 11.1. The topological polar surface area (TPSA) is 46.5 Å². The predicted octanol–water partition coefficient (Wildman–Crippen LogP) is 5.83. The molecule has 0 heterocycles. The number of benzene rings is 2. The Morgan fingerprint density at radius 1 is 1.10 bits per heavy atom. The van der Waals surface area contributed by atoms with Crippen LogP contribution in [0.5, 0.6) is 0 Å². The fourth-order valence-electron chi connectivity index (χ4n) is 6.71. The Kier molecular flexibility index (Phi) is 4.74. The molecular weight excluding hydrogens is 360 g/mol. The Morgan fingerprint density at radius 3 is 2.72 bits per heavy atom. The maximum Gasteiger partial charge on any atom is 0.335 e. The number of hydrogen-bond donors (Lipinski definition) is 1. The highest BCUT2D eigenvalue weighted by Gasteiger charge is 2.55. The molecule has 2 aromatic rings. The second kappa shape index (κ2) is 7.28. The molecule has 0 bridgehead atoms. The van der Waals surface area contributed by atoms with Gasteiger partial charge in [-0.25, -0.2) is 4.79 Å². The van der Waals surface area contributed by atoms with Crippen molar-refractivity contribution in [2.75, 3.05) is 0 Å². The Balaban J connectivity index is 1.34. The van der Waals surface area contributed by atoms with E-state index in [1.807, 2.05) is 6.07 Å². The van der Waals surface area contributed by atoms with Gasteiger partial charge in [0.1, 0.15) is 0 Å². The van der Waals surface area contributed by atoms with Gasteiger partial charge in [-0.1, -0.05) is 43.3 Å². The van der Waals surface area contributed by atoms with Gasteiger partial charge in [-0.2, -0.15) is 0 Å². The minimum atomic E-state index is -0.819. The molecule has 0 aliphatic heterocycles. The van der Waals surface area contributed by atoms with Gasteiger partial charge in [0.2, 0.25) is 0 Å². The van der Waals surface area contributed by atoms with Crippen molar-refractivity contribution in [1.82, 2.24) is 0 Å². The Bertz CT molecular complexity index is 905. The minimum absolute atomic E-state index is 0.272. The van der Waals surface area contributed by atoms with Gasteiger partial charge in [0.15, 0.2) is 0 Å². The summed E-state index contributed by atoms with van der Waals surface area (Å²) in [5, 5.41) is 9.32. The number of rotatable bonds is 4.